The maximum atomic E-state index is 12.1. The van der Waals surface area contributed by atoms with Crippen molar-refractivity contribution in [1.82, 2.24) is 10.0 Å². The van der Waals surface area contributed by atoms with E-state index in [1.165, 1.54) is 0 Å². The normalized spacial score (nSPS) is 30.2. The fourth-order valence-corrected chi connectivity index (χ4v) is 3.89. The highest BCUT2D eigenvalue weighted by atomic mass is 32.2. The minimum absolute atomic E-state index is 0.192. The summed E-state index contributed by atoms with van der Waals surface area (Å²) >= 11 is 0. The summed E-state index contributed by atoms with van der Waals surface area (Å²) in [5.41, 5.74) is 1.26. The molecule has 2 fully saturated rings. The van der Waals surface area contributed by atoms with E-state index in [0.29, 0.717) is 17.4 Å². The van der Waals surface area contributed by atoms with Crippen LogP contribution in [0.3, 0.4) is 0 Å². The van der Waals surface area contributed by atoms with Crippen LogP contribution in [0.4, 0.5) is 0 Å². The molecule has 1 saturated carbocycles. The van der Waals surface area contributed by atoms with Gasteiger partial charge in [-0.1, -0.05) is 17.7 Å². The zero-order chi connectivity index (χ0) is 12.8. The lowest BCUT2D eigenvalue weighted by atomic mass is 10.1. The SMILES string of the molecule is Cc1ccc(S(=O)(=O)NCC23CNCC2C3)cc1. The van der Waals surface area contributed by atoms with Gasteiger partial charge in [-0.25, -0.2) is 13.1 Å². The van der Waals surface area contributed by atoms with Crippen molar-refractivity contribution in [3.8, 4) is 0 Å². The Hall–Kier alpha value is -0.910. The standard InChI is InChI=1S/C13H18N2O2S/c1-10-2-4-12(5-3-10)18(16,17)15-9-13-6-11(13)7-14-8-13/h2-5,11,14-15H,6-9H2,1H3. The predicted molar refractivity (Wildman–Crippen MR) is 69.8 cm³/mol. The van der Waals surface area contributed by atoms with Crippen LogP contribution in [0.5, 0.6) is 0 Å². The molecule has 0 spiro atoms. The van der Waals surface area contributed by atoms with Crippen molar-refractivity contribution in [2.45, 2.75) is 18.2 Å². The lowest BCUT2D eigenvalue weighted by molar-refractivity contribution is 0.494. The molecule has 2 unspecified atom stereocenters. The first kappa shape index (κ1) is 12.1. The van der Waals surface area contributed by atoms with Crippen LogP contribution in [-0.4, -0.2) is 28.1 Å². The zero-order valence-electron chi connectivity index (χ0n) is 10.4. The van der Waals surface area contributed by atoms with E-state index < -0.39 is 10.0 Å². The highest BCUT2D eigenvalue weighted by Crippen LogP contribution is 2.54. The molecule has 4 nitrogen and oxygen atoms in total. The Morgan fingerprint density at radius 2 is 2.11 bits per heavy atom. The molecule has 5 heteroatoms. The molecule has 3 rings (SSSR count). The minimum Gasteiger partial charge on any atom is -0.316 e. The topological polar surface area (TPSA) is 58.2 Å². The molecule has 1 aromatic rings. The lowest BCUT2D eigenvalue weighted by Crippen LogP contribution is -2.33. The summed E-state index contributed by atoms with van der Waals surface area (Å²) in [5, 5.41) is 3.31. The quantitative estimate of drug-likeness (QED) is 0.850. The molecule has 1 saturated heterocycles. The van der Waals surface area contributed by atoms with Crippen molar-refractivity contribution in [1.29, 1.82) is 0 Å². The second kappa shape index (κ2) is 4.05. The van der Waals surface area contributed by atoms with Gasteiger partial charge in [0.25, 0.3) is 0 Å². The van der Waals surface area contributed by atoms with E-state index in [4.69, 9.17) is 0 Å². The van der Waals surface area contributed by atoms with Crippen LogP contribution in [0.1, 0.15) is 12.0 Å². The smallest absolute Gasteiger partial charge is 0.240 e. The van der Waals surface area contributed by atoms with Gasteiger partial charge in [-0.2, -0.15) is 0 Å². The number of piperidine rings is 1. The van der Waals surface area contributed by atoms with Gasteiger partial charge in [-0.15, -0.1) is 0 Å². The number of hydrogen-bond donors (Lipinski definition) is 2. The molecular weight excluding hydrogens is 248 g/mol. The number of aryl methyl sites for hydroxylation is 1. The van der Waals surface area contributed by atoms with Crippen molar-refractivity contribution >= 4 is 10.0 Å². The van der Waals surface area contributed by atoms with Crippen molar-refractivity contribution in [3.63, 3.8) is 0 Å². The second-order valence-corrected chi connectivity index (χ2v) is 7.30. The fraction of sp³-hybridized carbons (Fsp3) is 0.538. The van der Waals surface area contributed by atoms with E-state index in [-0.39, 0.29) is 5.41 Å². The van der Waals surface area contributed by atoms with Crippen LogP contribution in [-0.2, 0) is 10.0 Å². The number of sulfonamides is 1. The van der Waals surface area contributed by atoms with Gasteiger partial charge in [0.15, 0.2) is 0 Å². The first-order chi connectivity index (χ1) is 8.52. The molecule has 1 aromatic carbocycles. The number of fused-ring (bicyclic) bond motifs is 1. The van der Waals surface area contributed by atoms with E-state index in [1.54, 1.807) is 12.1 Å². The third kappa shape index (κ3) is 2.06. The first-order valence-electron chi connectivity index (χ1n) is 6.29. The summed E-state index contributed by atoms with van der Waals surface area (Å²) in [4.78, 5) is 0.354. The van der Waals surface area contributed by atoms with Crippen molar-refractivity contribution in [3.05, 3.63) is 29.8 Å². The van der Waals surface area contributed by atoms with Gasteiger partial charge < -0.3 is 5.32 Å². The lowest BCUT2D eigenvalue weighted by Gasteiger charge is -2.13. The van der Waals surface area contributed by atoms with Crippen LogP contribution in [0.25, 0.3) is 0 Å². The Morgan fingerprint density at radius 1 is 1.39 bits per heavy atom. The number of benzene rings is 1. The summed E-state index contributed by atoms with van der Waals surface area (Å²) in [6.07, 6.45) is 1.15. The van der Waals surface area contributed by atoms with E-state index >= 15 is 0 Å². The Morgan fingerprint density at radius 3 is 2.67 bits per heavy atom. The Kier molecular flexibility index (Phi) is 2.73. The summed E-state index contributed by atoms with van der Waals surface area (Å²) in [6, 6.07) is 6.97. The largest absolute Gasteiger partial charge is 0.316 e. The summed E-state index contributed by atoms with van der Waals surface area (Å²) in [5.74, 6) is 0.665. The Bertz CT molecular complexity index is 553. The molecule has 1 aliphatic heterocycles. The monoisotopic (exact) mass is 266 g/mol. The van der Waals surface area contributed by atoms with Gasteiger partial charge in [0, 0.05) is 18.5 Å². The maximum absolute atomic E-state index is 12.1. The third-order valence-corrected chi connectivity index (χ3v) is 5.59. The maximum Gasteiger partial charge on any atom is 0.240 e. The average molecular weight is 266 g/mol. The summed E-state index contributed by atoms with van der Waals surface area (Å²) < 4.78 is 27.0. The van der Waals surface area contributed by atoms with Gasteiger partial charge in [0.05, 0.1) is 4.90 Å². The molecule has 0 aromatic heterocycles. The molecule has 2 aliphatic rings. The first-order valence-corrected chi connectivity index (χ1v) is 7.77. The van der Waals surface area contributed by atoms with Crippen molar-refractivity contribution in [2.75, 3.05) is 19.6 Å². The predicted octanol–water partition coefficient (Wildman–Crippen LogP) is 0.883. The van der Waals surface area contributed by atoms with E-state index in [9.17, 15) is 8.42 Å². The molecule has 1 aliphatic carbocycles. The van der Waals surface area contributed by atoms with Crippen LogP contribution < -0.4 is 10.0 Å². The average Bonchev–Trinajstić information content (AvgIpc) is 2.90. The van der Waals surface area contributed by atoms with Crippen molar-refractivity contribution in [2.24, 2.45) is 11.3 Å². The molecule has 0 amide bonds. The highest BCUT2D eigenvalue weighted by Gasteiger charge is 2.56. The van der Waals surface area contributed by atoms with Crippen LogP contribution >= 0.6 is 0 Å². The van der Waals surface area contributed by atoms with Crippen molar-refractivity contribution < 1.29 is 8.42 Å². The third-order valence-electron chi connectivity index (χ3n) is 4.17. The number of hydrogen-bond acceptors (Lipinski definition) is 3. The molecular formula is C13H18N2O2S. The van der Waals surface area contributed by atoms with Crippen LogP contribution in [0.15, 0.2) is 29.2 Å². The number of nitrogens with one attached hydrogen (secondary N) is 2. The van der Waals surface area contributed by atoms with Crippen LogP contribution in [0.2, 0.25) is 0 Å². The van der Waals surface area contributed by atoms with E-state index in [2.05, 4.69) is 10.0 Å². The molecule has 18 heavy (non-hydrogen) atoms. The van der Waals surface area contributed by atoms with Gasteiger partial charge in [0.2, 0.25) is 10.0 Å². The molecule has 2 atom stereocenters. The van der Waals surface area contributed by atoms with Gasteiger partial charge in [-0.05, 0) is 37.9 Å². The van der Waals surface area contributed by atoms with Gasteiger partial charge in [-0.3, -0.25) is 0 Å². The van der Waals surface area contributed by atoms with Crippen LogP contribution in [0, 0.1) is 18.3 Å². The molecule has 0 radical (unpaired) electrons. The summed E-state index contributed by atoms with van der Waals surface area (Å²) in [7, 11) is -3.35. The van der Waals surface area contributed by atoms with Gasteiger partial charge in [0.1, 0.15) is 0 Å². The molecule has 0 bridgehead atoms. The number of rotatable bonds is 4. The second-order valence-electron chi connectivity index (χ2n) is 5.53. The highest BCUT2D eigenvalue weighted by molar-refractivity contribution is 7.89. The molecule has 1 heterocycles. The van der Waals surface area contributed by atoms with E-state index in [1.807, 2.05) is 19.1 Å². The Balaban J connectivity index is 1.70. The minimum atomic E-state index is -3.35. The zero-order valence-corrected chi connectivity index (χ0v) is 11.3. The fourth-order valence-electron chi connectivity index (χ4n) is 2.75. The molecule has 98 valence electrons. The molecule has 2 N–H and O–H groups in total. The summed E-state index contributed by atoms with van der Waals surface area (Å²) in [6.45, 7) is 4.48. The Labute approximate surface area is 108 Å². The van der Waals surface area contributed by atoms with E-state index in [0.717, 1.165) is 25.1 Å². The van der Waals surface area contributed by atoms with Gasteiger partial charge >= 0.3 is 0 Å².